The number of carbonyl (C=O) groups excluding carboxylic acids is 2. The van der Waals surface area contributed by atoms with E-state index in [1.165, 1.54) is 0 Å². The Morgan fingerprint density at radius 2 is 2.00 bits per heavy atom. The second kappa shape index (κ2) is 6.44. The summed E-state index contributed by atoms with van der Waals surface area (Å²) in [5, 5.41) is 0.610. The van der Waals surface area contributed by atoms with Gasteiger partial charge in [-0.3, -0.25) is 9.59 Å². The van der Waals surface area contributed by atoms with Crippen molar-refractivity contribution in [2.45, 2.75) is 19.9 Å². The van der Waals surface area contributed by atoms with Crippen LogP contribution < -0.4 is 4.90 Å². The van der Waals surface area contributed by atoms with Gasteiger partial charge < -0.3 is 9.80 Å². The van der Waals surface area contributed by atoms with Crippen molar-refractivity contribution in [1.29, 1.82) is 0 Å². The highest BCUT2D eigenvalue weighted by atomic mass is 35.5. The molecule has 0 spiro atoms. The van der Waals surface area contributed by atoms with E-state index >= 15 is 0 Å². The van der Waals surface area contributed by atoms with Gasteiger partial charge in [-0.15, -0.1) is 0 Å². The van der Waals surface area contributed by atoms with E-state index in [9.17, 15) is 9.59 Å². The Labute approximate surface area is 147 Å². The first-order valence-electron chi connectivity index (χ1n) is 8.15. The number of hydrogen-bond donors (Lipinski definition) is 0. The van der Waals surface area contributed by atoms with E-state index in [1.54, 1.807) is 22.9 Å². The summed E-state index contributed by atoms with van der Waals surface area (Å²) in [6, 6.07) is 5.43. The number of benzene rings is 1. The fraction of sp³-hybridized carbons (Fsp3) is 0.368. The number of rotatable bonds is 3. The summed E-state index contributed by atoms with van der Waals surface area (Å²) in [4.78, 5) is 29.3. The second-order valence-electron chi connectivity index (χ2n) is 6.22. The smallest absolute Gasteiger partial charge is 0.240 e. The van der Waals surface area contributed by atoms with Crippen LogP contribution in [-0.4, -0.2) is 36.3 Å². The van der Waals surface area contributed by atoms with E-state index in [-0.39, 0.29) is 23.8 Å². The molecular weight excluding hydrogens is 324 g/mol. The third-order valence-electron chi connectivity index (χ3n) is 4.98. The van der Waals surface area contributed by atoms with Gasteiger partial charge >= 0.3 is 0 Å². The van der Waals surface area contributed by atoms with Crippen molar-refractivity contribution in [1.82, 2.24) is 4.90 Å². The molecule has 4 nitrogen and oxygen atoms in total. The Bertz CT molecular complexity index is 741. The number of halogens is 1. The molecule has 126 valence electrons. The van der Waals surface area contributed by atoms with Gasteiger partial charge in [0.15, 0.2) is 0 Å². The zero-order valence-corrected chi connectivity index (χ0v) is 14.8. The van der Waals surface area contributed by atoms with E-state index in [4.69, 9.17) is 11.6 Å². The van der Waals surface area contributed by atoms with Gasteiger partial charge in [0.2, 0.25) is 11.8 Å². The normalized spacial score (nSPS) is 25.1. The number of likely N-dealkylation sites (N-methyl/N-ethyl adjacent to an activating group) is 1. The highest BCUT2D eigenvalue weighted by Crippen LogP contribution is 2.37. The van der Waals surface area contributed by atoms with Crippen LogP contribution in [0.25, 0.3) is 0 Å². The number of amides is 2. The summed E-state index contributed by atoms with van der Waals surface area (Å²) in [5.74, 6) is -1.08. The van der Waals surface area contributed by atoms with Gasteiger partial charge in [0.1, 0.15) is 5.92 Å². The monoisotopic (exact) mass is 344 g/mol. The van der Waals surface area contributed by atoms with E-state index < -0.39 is 5.92 Å². The molecule has 1 aromatic rings. The first kappa shape index (κ1) is 16.8. The molecule has 1 aromatic carbocycles. The van der Waals surface area contributed by atoms with E-state index in [1.807, 2.05) is 50.3 Å². The quantitative estimate of drug-likeness (QED) is 0.790. The molecule has 0 aromatic heterocycles. The van der Waals surface area contributed by atoms with Crippen LogP contribution in [0, 0.1) is 18.8 Å². The Balaban J connectivity index is 1.94. The molecule has 0 bridgehead atoms. The van der Waals surface area contributed by atoms with E-state index in [0.717, 1.165) is 11.3 Å². The van der Waals surface area contributed by atoms with Crippen molar-refractivity contribution in [3.8, 4) is 0 Å². The molecule has 1 heterocycles. The van der Waals surface area contributed by atoms with Crippen LogP contribution in [0.4, 0.5) is 5.69 Å². The fourth-order valence-electron chi connectivity index (χ4n) is 3.65. The second-order valence-corrected chi connectivity index (χ2v) is 6.63. The number of nitrogens with zero attached hydrogens (tertiary/aromatic N) is 2. The summed E-state index contributed by atoms with van der Waals surface area (Å²) in [5.41, 5.74) is 1.57. The lowest BCUT2D eigenvalue weighted by molar-refractivity contribution is -0.137. The zero-order valence-electron chi connectivity index (χ0n) is 14.1. The lowest BCUT2D eigenvalue weighted by Gasteiger charge is -2.26. The molecule has 1 aliphatic heterocycles. The van der Waals surface area contributed by atoms with Gasteiger partial charge in [-0.1, -0.05) is 42.0 Å². The lowest BCUT2D eigenvalue weighted by atomic mass is 9.86. The van der Waals surface area contributed by atoms with Gasteiger partial charge in [0.05, 0.1) is 6.04 Å². The standard InChI is InChI=1S/C19H21ClN2O2/c1-4-22-16-10-6-5-8-13(16)17(19(22)24)18(23)21(3)15-11-7-9-14(20)12(15)2/h5-11,13,16-17H,4H2,1-3H3. The molecule has 2 aliphatic rings. The van der Waals surface area contributed by atoms with Crippen LogP contribution in [0.3, 0.4) is 0 Å². The maximum atomic E-state index is 13.1. The summed E-state index contributed by atoms with van der Waals surface area (Å²) in [6.45, 7) is 4.42. The highest BCUT2D eigenvalue weighted by Gasteiger charge is 2.50. The van der Waals surface area contributed by atoms with Crippen molar-refractivity contribution in [3.63, 3.8) is 0 Å². The molecule has 1 saturated heterocycles. The maximum Gasteiger partial charge on any atom is 0.240 e. The number of carbonyl (C=O) groups is 2. The maximum absolute atomic E-state index is 13.1. The highest BCUT2D eigenvalue weighted by molar-refractivity contribution is 6.31. The third kappa shape index (κ3) is 2.55. The van der Waals surface area contributed by atoms with E-state index in [0.29, 0.717) is 11.6 Å². The molecule has 3 unspecified atom stereocenters. The first-order valence-corrected chi connectivity index (χ1v) is 8.53. The van der Waals surface area contributed by atoms with Gasteiger partial charge in [-0.2, -0.15) is 0 Å². The largest absolute Gasteiger partial charge is 0.335 e. The lowest BCUT2D eigenvalue weighted by Crippen LogP contribution is -2.39. The summed E-state index contributed by atoms with van der Waals surface area (Å²) < 4.78 is 0. The van der Waals surface area contributed by atoms with Crippen molar-refractivity contribution >= 4 is 29.1 Å². The Hall–Kier alpha value is -2.07. The Morgan fingerprint density at radius 1 is 1.29 bits per heavy atom. The van der Waals surface area contributed by atoms with Gasteiger partial charge in [0, 0.05) is 30.2 Å². The fourth-order valence-corrected chi connectivity index (χ4v) is 3.82. The third-order valence-corrected chi connectivity index (χ3v) is 5.39. The molecule has 1 fully saturated rings. The number of fused-ring (bicyclic) bond motifs is 1. The minimum Gasteiger partial charge on any atom is -0.335 e. The van der Waals surface area contributed by atoms with Crippen molar-refractivity contribution in [2.24, 2.45) is 11.8 Å². The average Bonchev–Trinajstić information content (AvgIpc) is 2.87. The molecule has 1 aliphatic carbocycles. The van der Waals surface area contributed by atoms with Crippen LogP contribution in [0.15, 0.2) is 42.5 Å². The van der Waals surface area contributed by atoms with Crippen LogP contribution in [-0.2, 0) is 9.59 Å². The topological polar surface area (TPSA) is 40.6 Å². The number of hydrogen-bond acceptors (Lipinski definition) is 2. The molecule has 0 radical (unpaired) electrons. The average molecular weight is 345 g/mol. The number of likely N-dealkylation sites (tertiary alicyclic amines) is 1. The first-order chi connectivity index (χ1) is 11.5. The molecule has 2 amide bonds. The van der Waals surface area contributed by atoms with Gasteiger partial charge in [-0.25, -0.2) is 0 Å². The molecule has 5 heteroatoms. The molecule has 3 atom stereocenters. The number of anilines is 1. The zero-order chi connectivity index (χ0) is 17.4. The number of allylic oxidation sites excluding steroid dienone is 2. The molecular formula is C19H21ClN2O2. The van der Waals surface area contributed by atoms with Crippen LogP contribution in [0.5, 0.6) is 0 Å². The van der Waals surface area contributed by atoms with E-state index in [2.05, 4.69) is 0 Å². The van der Waals surface area contributed by atoms with Crippen molar-refractivity contribution in [2.75, 3.05) is 18.5 Å². The van der Waals surface area contributed by atoms with Crippen LogP contribution in [0.2, 0.25) is 5.02 Å². The summed E-state index contributed by atoms with van der Waals surface area (Å²) in [6.07, 6.45) is 7.83. The predicted octanol–water partition coefficient (Wildman–Crippen LogP) is 3.20. The van der Waals surface area contributed by atoms with Crippen molar-refractivity contribution in [3.05, 3.63) is 53.1 Å². The van der Waals surface area contributed by atoms with Crippen molar-refractivity contribution < 1.29 is 9.59 Å². The minimum atomic E-state index is -0.681. The summed E-state index contributed by atoms with van der Waals surface area (Å²) in [7, 11) is 1.71. The molecule has 3 rings (SSSR count). The minimum absolute atomic E-state index is 0.0321. The van der Waals surface area contributed by atoms with Crippen LogP contribution in [0.1, 0.15) is 12.5 Å². The van der Waals surface area contributed by atoms with Gasteiger partial charge in [-0.05, 0) is 31.5 Å². The SMILES string of the molecule is CCN1C(=O)C(C(=O)N(C)c2cccc(Cl)c2C)C2C=CC=CC21. The molecule has 0 N–H and O–H groups in total. The van der Waals surface area contributed by atoms with Crippen LogP contribution >= 0.6 is 11.6 Å². The van der Waals surface area contributed by atoms with Gasteiger partial charge in [0.25, 0.3) is 0 Å². The Morgan fingerprint density at radius 3 is 2.71 bits per heavy atom. The summed E-state index contributed by atoms with van der Waals surface area (Å²) >= 11 is 6.17. The Kier molecular flexibility index (Phi) is 4.50. The molecule has 0 saturated carbocycles. The molecule has 24 heavy (non-hydrogen) atoms. The predicted molar refractivity (Wildman–Crippen MR) is 96.0 cm³/mol.